The van der Waals surface area contributed by atoms with Gasteiger partial charge in [0.2, 0.25) is 0 Å². The van der Waals surface area contributed by atoms with Crippen LogP contribution in [-0.4, -0.2) is 53.3 Å². The molecular weight excluding hydrogens is 344 g/mol. The molecule has 2 aliphatic carbocycles. The molecule has 0 amide bonds. The largest absolute Gasteiger partial charge is 0.379 e. The van der Waals surface area contributed by atoms with E-state index in [9.17, 15) is 0 Å². The van der Waals surface area contributed by atoms with Gasteiger partial charge in [0.1, 0.15) is 17.0 Å². The number of thiophene rings is 1. The first-order valence-electron chi connectivity index (χ1n) is 10.1. The van der Waals surface area contributed by atoms with Crippen molar-refractivity contribution in [1.82, 2.24) is 14.9 Å². The molecule has 3 aliphatic rings. The highest BCUT2D eigenvalue weighted by Gasteiger charge is 2.29. The van der Waals surface area contributed by atoms with Crippen LogP contribution in [0, 0.1) is 0 Å². The van der Waals surface area contributed by atoms with Crippen molar-refractivity contribution in [2.45, 2.75) is 63.5 Å². The van der Waals surface area contributed by atoms with Crippen molar-refractivity contribution in [3.05, 3.63) is 16.8 Å². The van der Waals surface area contributed by atoms with Gasteiger partial charge in [-0.15, -0.1) is 11.3 Å². The van der Waals surface area contributed by atoms with Crippen molar-refractivity contribution in [2.24, 2.45) is 0 Å². The standard InChI is InChI=1S/C20H28N4OS/c1-13-2-7-16-17(13)18-19(21-12-22-20(18)26-16)23-14-3-5-15(6-4-14)24-8-10-25-11-9-24/h12-15H,2-11H2,1H3,(H,21,22,23)/t13-,14?,15?/m0/s1. The summed E-state index contributed by atoms with van der Waals surface area (Å²) in [4.78, 5) is 14.5. The van der Waals surface area contributed by atoms with E-state index in [2.05, 4.69) is 27.1 Å². The number of hydrogen-bond acceptors (Lipinski definition) is 6. The second kappa shape index (κ2) is 7.06. The molecule has 1 aliphatic heterocycles. The maximum Gasteiger partial charge on any atom is 0.138 e. The van der Waals surface area contributed by atoms with Gasteiger partial charge in [-0.1, -0.05) is 6.92 Å². The van der Waals surface area contributed by atoms with Crippen LogP contribution in [0.2, 0.25) is 0 Å². The van der Waals surface area contributed by atoms with Gasteiger partial charge < -0.3 is 10.1 Å². The summed E-state index contributed by atoms with van der Waals surface area (Å²) in [7, 11) is 0. The quantitative estimate of drug-likeness (QED) is 0.888. The van der Waals surface area contributed by atoms with E-state index in [1.165, 1.54) is 59.2 Å². The smallest absolute Gasteiger partial charge is 0.138 e. The van der Waals surface area contributed by atoms with Gasteiger partial charge in [-0.2, -0.15) is 0 Å². The summed E-state index contributed by atoms with van der Waals surface area (Å²) in [5.41, 5.74) is 1.52. The molecule has 26 heavy (non-hydrogen) atoms. The summed E-state index contributed by atoms with van der Waals surface area (Å²) in [6, 6.07) is 1.28. The van der Waals surface area contributed by atoms with Crippen molar-refractivity contribution in [1.29, 1.82) is 0 Å². The van der Waals surface area contributed by atoms with Crippen molar-refractivity contribution < 1.29 is 4.74 Å². The zero-order valence-electron chi connectivity index (χ0n) is 15.5. The highest BCUT2D eigenvalue weighted by molar-refractivity contribution is 7.19. The number of aryl methyl sites for hydroxylation is 1. The Morgan fingerprint density at radius 3 is 2.73 bits per heavy atom. The van der Waals surface area contributed by atoms with Gasteiger partial charge in [0.15, 0.2) is 0 Å². The molecule has 3 heterocycles. The fourth-order valence-corrected chi connectivity index (χ4v) is 6.31. The van der Waals surface area contributed by atoms with Gasteiger partial charge in [-0.05, 0) is 50.0 Å². The van der Waals surface area contributed by atoms with Crippen LogP contribution < -0.4 is 5.32 Å². The molecule has 1 saturated carbocycles. The van der Waals surface area contributed by atoms with Crippen LogP contribution in [0.1, 0.15) is 55.4 Å². The minimum absolute atomic E-state index is 0.539. The fourth-order valence-electron chi connectivity index (χ4n) is 5.03. The lowest BCUT2D eigenvalue weighted by atomic mass is 9.90. The van der Waals surface area contributed by atoms with E-state index in [-0.39, 0.29) is 0 Å². The average molecular weight is 373 g/mol. The number of nitrogens with one attached hydrogen (secondary N) is 1. The maximum atomic E-state index is 5.50. The highest BCUT2D eigenvalue weighted by atomic mass is 32.1. The van der Waals surface area contributed by atoms with Gasteiger partial charge in [0.05, 0.1) is 18.6 Å². The minimum Gasteiger partial charge on any atom is -0.379 e. The molecule has 2 aromatic heterocycles. The molecule has 0 radical (unpaired) electrons. The van der Waals surface area contributed by atoms with E-state index < -0.39 is 0 Å². The topological polar surface area (TPSA) is 50.3 Å². The van der Waals surface area contributed by atoms with Gasteiger partial charge in [-0.25, -0.2) is 9.97 Å². The molecule has 0 spiro atoms. The van der Waals surface area contributed by atoms with E-state index in [4.69, 9.17) is 4.74 Å². The molecule has 1 atom stereocenters. The average Bonchev–Trinajstić information content (AvgIpc) is 3.23. The number of rotatable bonds is 3. The lowest BCUT2D eigenvalue weighted by Crippen LogP contribution is -2.46. The SMILES string of the molecule is C[C@H]1CCc2sc3ncnc(NC4CCC(N5CCOCC5)CC4)c3c21. The Morgan fingerprint density at radius 1 is 1.12 bits per heavy atom. The molecule has 5 rings (SSSR count). The van der Waals surface area contributed by atoms with E-state index in [0.29, 0.717) is 12.0 Å². The molecule has 1 N–H and O–H groups in total. The molecule has 2 fully saturated rings. The molecule has 0 bridgehead atoms. The van der Waals surface area contributed by atoms with Crippen LogP contribution in [0.4, 0.5) is 5.82 Å². The normalized spacial score (nSPS) is 29.8. The second-order valence-corrected chi connectivity index (χ2v) is 9.16. The summed E-state index contributed by atoms with van der Waals surface area (Å²) >= 11 is 1.88. The Kier molecular flexibility index (Phi) is 4.59. The van der Waals surface area contributed by atoms with Crippen molar-refractivity contribution in [3.63, 3.8) is 0 Å². The monoisotopic (exact) mass is 372 g/mol. The lowest BCUT2D eigenvalue weighted by molar-refractivity contribution is 0.00791. The van der Waals surface area contributed by atoms with Crippen LogP contribution >= 0.6 is 11.3 Å². The molecule has 0 unspecified atom stereocenters. The highest BCUT2D eigenvalue weighted by Crippen LogP contribution is 2.45. The molecular formula is C20H28N4OS. The number of morpholine rings is 1. The van der Waals surface area contributed by atoms with Crippen molar-refractivity contribution in [2.75, 3.05) is 31.6 Å². The van der Waals surface area contributed by atoms with Crippen LogP contribution in [0.3, 0.4) is 0 Å². The summed E-state index contributed by atoms with van der Waals surface area (Å²) in [5, 5.41) is 5.11. The number of anilines is 1. The Hall–Kier alpha value is -1.24. The molecule has 2 aromatic rings. The Balaban J connectivity index is 1.30. The lowest BCUT2D eigenvalue weighted by Gasteiger charge is -2.39. The van der Waals surface area contributed by atoms with Crippen molar-refractivity contribution >= 4 is 27.4 Å². The van der Waals surface area contributed by atoms with Gasteiger partial charge in [0, 0.05) is 30.1 Å². The number of fused-ring (bicyclic) bond motifs is 3. The number of nitrogens with zero attached hydrogens (tertiary/aromatic N) is 3. The van der Waals surface area contributed by atoms with E-state index in [1.807, 2.05) is 11.3 Å². The van der Waals surface area contributed by atoms with E-state index in [0.717, 1.165) is 38.2 Å². The van der Waals surface area contributed by atoms with Gasteiger partial charge in [0.25, 0.3) is 0 Å². The summed E-state index contributed by atoms with van der Waals surface area (Å²) in [6.45, 7) is 6.36. The summed E-state index contributed by atoms with van der Waals surface area (Å²) in [6.07, 6.45) is 9.25. The Labute approximate surface area is 159 Å². The fraction of sp³-hybridized carbons (Fsp3) is 0.700. The molecule has 6 heteroatoms. The van der Waals surface area contributed by atoms with Gasteiger partial charge >= 0.3 is 0 Å². The van der Waals surface area contributed by atoms with E-state index >= 15 is 0 Å². The maximum absolute atomic E-state index is 5.50. The second-order valence-electron chi connectivity index (χ2n) is 8.08. The minimum atomic E-state index is 0.539. The Morgan fingerprint density at radius 2 is 1.92 bits per heavy atom. The molecule has 1 saturated heterocycles. The van der Waals surface area contributed by atoms with E-state index in [1.54, 1.807) is 6.33 Å². The number of hydrogen-bond donors (Lipinski definition) is 1. The zero-order chi connectivity index (χ0) is 17.5. The van der Waals surface area contributed by atoms with Crippen LogP contribution in [0.15, 0.2) is 6.33 Å². The third-order valence-electron chi connectivity index (χ3n) is 6.50. The number of ether oxygens (including phenoxy) is 1. The van der Waals surface area contributed by atoms with Crippen LogP contribution in [0.25, 0.3) is 10.2 Å². The first kappa shape index (κ1) is 16.9. The Bertz CT molecular complexity index is 777. The molecule has 140 valence electrons. The zero-order valence-corrected chi connectivity index (χ0v) is 16.4. The summed E-state index contributed by atoms with van der Waals surface area (Å²) in [5.74, 6) is 1.72. The molecule has 0 aromatic carbocycles. The van der Waals surface area contributed by atoms with Gasteiger partial charge in [-0.3, -0.25) is 4.90 Å². The van der Waals surface area contributed by atoms with Crippen LogP contribution in [0.5, 0.6) is 0 Å². The predicted octanol–water partition coefficient (Wildman–Crippen LogP) is 3.80. The first-order chi connectivity index (χ1) is 12.8. The number of aromatic nitrogens is 2. The van der Waals surface area contributed by atoms with Crippen molar-refractivity contribution in [3.8, 4) is 0 Å². The summed E-state index contributed by atoms with van der Waals surface area (Å²) < 4.78 is 5.50. The predicted molar refractivity (Wildman–Crippen MR) is 106 cm³/mol. The third kappa shape index (κ3) is 3.02. The first-order valence-corrected chi connectivity index (χ1v) is 11.0. The third-order valence-corrected chi connectivity index (χ3v) is 7.67. The van der Waals surface area contributed by atoms with Crippen LogP contribution in [-0.2, 0) is 11.2 Å². The molecule has 5 nitrogen and oxygen atoms in total.